The van der Waals surface area contributed by atoms with E-state index >= 15 is 0 Å². The van der Waals surface area contributed by atoms with Crippen LogP contribution in [0.1, 0.15) is 20.3 Å². The van der Waals surface area contributed by atoms with Crippen molar-refractivity contribution in [3.05, 3.63) is 60.6 Å². The fraction of sp³-hybridized carbons (Fsp3) is 0.231. The molecule has 1 heterocycles. The first-order valence-corrected chi connectivity index (χ1v) is 4.87. The molecular weight excluding hydrogens is 170 g/mol. The van der Waals surface area contributed by atoms with Gasteiger partial charge < -0.3 is 4.90 Å². The average molecular weight is 187 g/mol. The van der Waals surface area contributed by atoms with E-state index in [1.807, 2.05) is 30.2 Å². The summed E-state index contributed by atoms with van der Waals surface area (Å²) in [5.74, 6) is 0. The summed E-state index contributed by atoms with van der Waals surface area (Å²) in [6.45, 7) is 12.1. The zero-order valence-electron chi connectivity index (χ0n) is 8.96. The van der Waals surface area contributed by atoms with E-state index in [2.05, 4.69) is 32.4 Å². The molecule has 0 amide bonds. The summed E-state index contributed by atoms with van der Waals surface area (Å²) in [5, 5.41) is 0. The fourth-order valence-corrected chi connectivity index (χ4v) is 1.26. The van der Waals surface area contributed by atoms with Crippen molar-refractivity contribution in [3.8, 4) is 0 Å². The zero-order chi connectivity index (χ0) is 10.6. The first-order valence-electron chi connectivity index (χ1n) is 4.87. The Bertz CT molecular complexity index is 329. The van der Waals surface area contributed by atoms with Gasteiger partial charge in [-0.15, -0.1) is 0 Å². The Morgan fingerprint density at radius 2 is 2.21 bits per heavy atom. The van der Waals surface area contributed by atoms with Gasteiger partial charge >= 0.3 is 0 Å². The van der Waals surface area contributed by atoms with Crippen LogP contribution in [-0.2, 0) is 0 Å². The lowest BCUT2D eigenvalue weighted by atomic mass is 10.0. The first-order chi connectivity index (χ1) is 6.69. The molecule has 1 aliphatic rings. The molecule has 0 atom stereocenters. The van der Waals surface area contributed by atoms with Crippen molar-refractivity contribution < 1.29 is 0 Å². The van der Waals surface area contributed by atoms with Crippen LogP contribution < -0.4 is 0 Å². The molecule has 1 aliphatic heterocycles. The van der Waals surface area contributed by atoms with Crippen LogP contribution in [0.5, 0.6) is 0 Å². The molecule has 14 heavy (non-hydrogen) atoms. The van der Waals surface area contributed by atoms with E-state index in [9.17, 15) is 0 Å². The maximum Gasteiger partial charge on any atom is 0.0377 e. The maximum absolute atomic E-state index is 4.02. The Kier molecular flexibility index (Phi) is 3.52. The van der Waals surface area contributed by atoms with Crippen LogP contribution in [-0.4, -0.2) is 4.90 Å². The van der Waals surface area contributed by atoms with E-state index < -0.39 is 0 Å². The highest BCUT2D eigenvalue weighted by Gasteiger charge is 2.07. The van der Waals surface area contributed by atoms with Crippen LogP contribution in [0.2, 0.25) is 0 Å². The first kappa shape index (κ1) is 10.6. The summed E-state index contributed by atoms with van der Waals surface area (Å²) in [6.07, 6.45) is 11.1. The minimum absolute atomic E-state index is 0.979. The molecule has 0 radical (unpaired) electrons. The lowest BCUT2D eigenvalue weighted by Gasteiger charge is -2.21. The van der Waals surface area contributed by atoms with Gasteiger partial charge in [0.05, 0.1) is 0 Å². The standard InChI is InChI=1S/C13H17N/c1-5-9-14-10-13(11(3)6-2)8-7-12(14)4/h5,7-10H,3-4,6H2,1-2H3/b9-5-. The van der Waals surface area contributed by atoms with Crippen molar-refractivity contribution in [3.63, 3.8) is 0 Å². The molecule has 0 saturated carbocycles. The number of nitrogens with zero attached hydrogens (tertiary/aromatic N) is 1. The minimum Gasteiger partial charge on any atom is -0.324 e. The topological polar surface area (TPSA) is 3.24 Å². The highest BCUT2D eigenvalue weighted by Crippen LogP contribution is 2.21. The highest BCUT2D eigenvalue weighted by molar-refractivity contribution is 5.44. The van der Waals surface area contributed by atoms with Crippen LogP contribution in [0.25, 0.3) is 0 Å². The molecule has 0 aromatic rings. The third-order valence-electron chi connectivity index (χ3n) is 2.21. The third-order valence-corrected chi connectivity index (χ3v) is 2.21. The number of hydrogen-bond acceptors (Lipinski definition) is 1. The SMILES string of the molecule is C=C(CC)C1=CN(/C=C\C)C(=C)C=C1. The van der Waals surface area contributed by atoms with Gasteiger partial charge in [0, 0.05) is 18.1 Å². The van der Waals surface area contributed by atoms with Crippen molar-refractivity contribution in [2.75, 3.05) is 0 Å². The normalized spacial score (nSPS) is 16.3. The van der Waals surface area contributed by atoms with Gasteiger partial charge in [0.2, 0.25) is 0 Å². The van der Waals surface area contributed by atoms with Gasteiger partial charge in [0.1, 0.15) is 0 Å². The molecule has 0 aromatic heterocycles. The summed E-state index contributed by atoms with van der Waals surface area (Å²) in [5.41, 5.74) is 3.32. The van der Waals surface area contributed by atoms with E-state index in [0.29, 0.717) is 0 Å². The lowest BCUT2D eigenvalue weighted by Crippen LogP contribution is -2.10. The second kappa shape index (κ2) is 4.66. The third kappa shape index (κ3) is 2.25. The fourth-order valence-electron chi connectivity index (χ4n) is 1.26. The molecule has 0 fully saturated rings. The molecular formula is C13H17N. The second-order valence-electron chi connectivity index (χ2n) is 3.26. The smallest absolute Gasteiger partial charge is 0.0377 e. The van der Waals surface area contributed by atoms with Gasteiger partial charge in [0.15, 0.2) is 0 Å². The summed E-state index contributed by atoms with van der Waals surface area (Å²) in [4.78, 5) is 2.01. The molecule has 74 valence electrons. The largest absolute Gasteiger partial charge is 0.324 e. The van der Waals surface area contributed by atoms with Gasteiger partial charge in [0.25, 0.3) is 0 Å². The van der Waals surface area contributed by atoms with Crippen LogP contribution in [0.3, 0.4) is 0 Å². The van der Waals surface area contributed by atoms with Crippen LogP contribution in [0.15, 0.2) is 60.6 Å². The Labute approximate surface area is 86.4 Å². The van der Waals surface area contributed by atoms with Crippen molar-refractivity contribution >= 4 is 0 Å². The van der Waals surface area contributed by atoms with Gasteiger partial charge in [-0.05, 0) is 30.6 Å². The van der Waals surface area contributed by atoms with Gasteiger partial charge in [-0.2, -0.15) is 0 Å². The number of allylic oxidation sites excluding steroid dienone is 5. The quantitative estimate of drug-likeness (QED) is 0.650. The van der Waals surface area contributed by atoms with Crippen molar-refractivity contribution in [1.29, 1.82) is 0 Å². The van der Waals surface area contributed by atoms with E-state index in [4.69, 9.17) is 0 Å². The van der Waals surface area contributed by atoms with Crippen molar-refractivity contribution in [1.82, 2.24) is 4.90 Å². The van der Waals surface area contributed by atoms with E-state index in [0.717, 1.165) is 17.7 Å². The molecule has 0 bridgehead atoms. The van der Waals surface area contributed by atoms with Crippen molar-refractivity contribution in [2.45, 2.75) is 20.3 Å². The Hall–Kier alpha value is -1.50. The van der Waals surface area contributed by atoms with Crippen LogP contribution >= 0.6 is 0 Å². The number of hydrogen-bond donors (Lipinski definition) is 0. The molecule has 0 unspecified atom stereocenters. The van der Waals surface area contributed by atoms with E-state index in [1.54, 1.807) is 0 Å². The summed E-state index contributed by atoms with van der Waals surface area (Å²) in [7, 11) is 0. The average Bonchev–Trinajstić information content (AvgIpc) is 2.20. The predicted molar refractivity (Wildman–Crippen MR) is 62.4 cm³/mol. The molecule has 0 saturated heterocycles. The Morgan fingerprint density at radius 3 is 2.79 bits per heavy atom. The second-order valence-corrected chi connectivity index (χ2v) is 3.26. The highest BCUT2D eigenvalue weighted by atomic mass is 15.1. The molecule has 0 spiro atoms. The Balaban J connectivity index is 2.90. The van der Waals surface area contributed by atoms with Crippen molar-refractivity contribution in [2.24, 2.45) is 0 Å². The van der Waals surface area contributed by atoms with Gasteiger partial charge in [-0.3, -0.25) is 0 Å². The van der Waals surface area contributed by atoms with Crippen LogP contribution in [0.4, 0.5) is 0 Å². The molecule has 1 nitrogen and oxygen atoms in total. The predicted octanol–water partition coefficient (Wildman–Crippen LogP) is 3.76. The molecule has 0 aromatic carbocycles. The van der Waals surface area contributed by atoms with E-state index in [1.165, 1.54) is 5.57 Å². The monoisotopic (exact) mass is 187 g/mol. The lowest BCUT2D eigenvalue weighted by molar-refractivity contribution is 0.641. The van der Waals surface area contributed by atoms with E-state index in [-0.39, 0.29) is 0 Å². The molecule has 1 rings (SSSR count). The summed E-state index contributed by atoms with van der Waals surface area (Å²) < 4.78 is 0. The van der Waals surface area contributed by atoms with Gasteiger partial charge in [-0.1, -0.05) is 32.2 Å². The maximum atomic E-state index is 4.02. The number of rotatable bonds is 3. The van der Waals surface area contributed by atoms with Crippen LogP contribution in [0, 0.1) is 0 Å². The summed E-state index contributed by atoms with van der Waals surface area (Å²) in [6, 6.07) is 0. The molecule has 1 heteroatoms. The molecule has 0 N–H and O–H groups in total. The zero-order valence-corrected chi connectivity index (χ0v) is 8.96. The molecule has 0 aliphatic carbocycles. The summed E-state index contributed by atoms with van der Waals surface area (Å²) >= 11 is 0. The van der Waals surface area contributed by atoms with Gasteiger partial charge in [-0.25, -0.2) is 0 Å². The Morgan fingerprint density at radius 1 is 1.50 bits per heavy atom. The minimum atomic E-state index is 0.979.